The van der Waals surface area contributed by atoms with Gasteiger partial charge in [0.15, 0.2) is 12.6 Å². The van der Waals surface area contributed by atoms with E-state index in [1.54, 1.807) is 0 Å². The summed E-state index contributed by atoms with van der Waals surface area (Å²) < 4.78 is 57.2. The summed E-state index contributed by atoms with van der Waals surface area (Å²) in [5.74, 6) is -0.301. The Kier molecular flexibility index (Phi) is 17.3. The summed E-state index contributed by atoms with van der Waals surface area (Å²) in [5, 5.41) is 2.10. The van der Waals surface area contributed by atoms with Crippen LogP contribution in [0, 0.1) is 11.8 Å². The van der Waals surface area contributed by atoms with Gasteiger partial charge in [0, 0.05) is 11.8 Å². The largest absolute Gasteiger partial charge is 0.405 e. The Morgan fingerprint density at radius 1 is 0.426 bits per heavy atom. The van der Waals surface area contributed by atoms with Gasteiger partial charge in [-0.1, -0.05) is 224 Å². The van der Waals surface area contributed by atoms with E-state index in [4.69, 9.17) is 37.6 Å². The summed E-state index contributed by atoms with van der Waals surface area (Å²) in [5.41, 5.74) is 4.26. The fourth-order valence-electron chi connectivity index (χ4n) is 9.98. The average Bonchev–Trinajstić information content (AvgIpc) is 3.37. The molecule has 9 heteroatoms. The number of hydrogen-bond donors (Lipinski definition) is 0. The molecule has 0 bridgehead atoms. The molecule has 0 amide bonds. The van der Waals surface area contributed by atoms with Crippen molar-refractivity contribution in [2.45, 2.75) is 129 Å². The molecule has 0 spiro atoms. The molecule has 358 valence electrons. The van der Waals surface area contributed by atoms with Crippen molar-refractivity contribution in [2.75, 3.05) is 6.61 Å². The first-order chi connectivity index (χ1) is 33.1. The summed E-state index contributed by atoms with van der Waals surface area (Å²) in [6, 6.07) is 62.5. The van der Waals surface area contributed by atoms with Crippen molar-refractivity contribution in [1.82, 2.24) is 0 Å². The smallest absolute Gasteiger partial charge is 0.261 e. The molecular weight excluding hydrogens is 865 g/mol. The average molecular weight is 935 g/mol. The van der Waals surface area contributed by atoms with Crippen LogP contribution in [0.4, 0.5) is 0 Å². The van der Waals surface area contributed by atoms with Crippen molar-refractivity contribution in [3.63, 3.8) is 0 Å². The van der Waals surface area contributed by atoms with Crippen LogP contribution >= 0.6 is 0 Å². The predicted molar refractivity (Wildman–Crippen MR) is 271 cm³/mol. The van der Waals surface area contributed by atoms with Crippen LogP contribution in [0.5, 0.6) is 0 Å². The molecular formula is C59H70O8Si. The van der Waals surface area contributed by atoms with E-state index < -0.39 is 45.3 Å². The molecule has 2 fully saturated rings. The van der Waals surface area contributed by atoms with Gasteiger partial charge in [-0.15, -0.1) is 0 Å². The lowest BCUT2D eigenvalue weighted by atomic mass is 9.88. The Labute approximate surface area is 406 Å². The molecule has 0 N–H and O–H groups in total. The molecule has 0 saturated carbocycles. The second-order valence-electron chi connectivity index (χ2n) is 19.4. The van der Waals surface area contributed by atoms with Crippen LogP contribution in [0.25, 0.3) is 0 Å². The Morgan fingerprint density at radius 3 is 1.18 bits per heavy atom. The molecule has 10 atom stereocenters. The second kappa shape index (κ2) is 23.7. The van der Waals surface area contributed by atoms with Crippen LogP contribution < -0.4 is 10.4 Å². The standard InChI is InChI=1S/C59H70O8Si/c1-7-51-43(2)53(60-38-45-26-14-8-15-27-45)56(63-41-48-32-20-11-21-33-48)58(65-51)67-57-44(3)54(61-39-46-28-16-9-17-29-46)55(62-40-47-30-18-10-19-31-47)52(66-57)42-64-68(59(4,5)6,49-34-22-12-23-35-49)50-36-24-13-25-37-50/h8-37,43-44,51-58H,7,38-42H2,1-6H3/t43-,44?,51?,52?,53+,54?,55-,56?,57-,58-/m1/s1. The zero-order valence-electron chi connectivity index (χ0n) is 40.6. The van der Waals surface area contributed by atoms with E-state index in [-0.39, 0.29) is 35.7 Å². The number of rotatable bonds is 20. The molecule has 0 radical (unpaired) electrons. The van der Waals surface area contributed by atoms with E-state index in [1.165, 1.54) is 10.4 Å². The summed E-state index contributed by atoms with van der Waals surface area (Å²) >= 11 is 0. The quantitative estimate of drug-likeness (QED) is 0.0701. The molecule has 2 aliphatic heterocycles. The lowest BCUT2D eigenvalue weighted by molar-refractivity contribution is -0.375. The van der Waals surface area contributed by atoms with Gasteiger partial charge in [-0.3, -0.25) is 0 Å². The zero-order chi connectivity index (χ0) is 47.4. The predicted octanol–water partition coefficient (Wildman–Crippen LogP) is 11.1. The molecule has 2 aliphatic rings. The third-order valence-corrected chi connectivity index (χ3v) is 18.6. The highest BCUT2D eigenvalue weighted by Gasteiger charge is 2.54. The van der Waals surface area contributed by atoms with Crippen molar-refractivity contribution < 1.29 is 37.6 Å². The highest BCUT2D eigenvalue weighted by molar-refractivity contribution is 6.99. The molecule has 0 aliphatic carbocycles. The number of hydrogen-bond acceptors (Lipinski definition) is 8. The molecule has 2 heterocycles. The second-order valence-corrected chi connectivity index (χ2v) is 23.7. The van der Waals surface area contributed by atoms with Crippen molar-refractivity contribution >= 4 is 18.7 Å². The summed E-state index contributed by atoms with van der Waals surface area (Å²) in [6.45, 7) is 15.1. The van der Waals surface area contributed by atoms with Crippen LogP contribution in [0.2, 0.25) is 5.04 Å². The molecule has 0 aromatic heterocycles. The fraction of sp³-hybridized carbons (Fsp3) is 0.390. The van der Waals surface area contributed by atoms with Gasteiger partial charge in [0.25, 0.3) is 8.32 Å². The minimum absolute atomic E-state index is 0.0133. The Balaban J connectivity index is 1.17. The van der Waals surface area contributed by atoms with Crippen molar-refractivity contribution in [3.8, 4) is 0 Å². The van der Waals surface area contributed by atoms with Crippen molar-refractivity contribution in [3.05, 3.63) is 204 Å². The molecule has 6 aromatic rings. The minimum Gasteiger partial charge on any atom is -0.405 e. The summed E-state index contributed by atoms with van der Waals surface area (Å²) in [6.07, 6.45) is -3.56. The first-order valence-electron chi connectivity index (χ1n) is 24.5. The Bertz CT molecular complexity index is 2310. The van der Waals surface area contributed by atoms with Crippen molar-refractivity contribution in [2.24, 2.45) is 11.8 Å². The van der Waals surface area contributed by atoms with Crippen LogP contribution in [-0.2, 0) is 64.0 Å². The van der Waals surface area contributed by atoms with Gasteiger partial charge in [-0.2, -0.15) is 0 Å². The summed E-state index contributed by atoms with van der Waals surface area (Å²) in [4.78, 5) is 0. The molecule has 6 aromatic carbocycles. The summed E-state index contributed by atoms with van der Waals surface area (Å²) in [7, 11) is -3.02. The van der Waals surface area contributed by atoms with Crippen LogP contribution in [0.15, 0.2) is 182 Å². The lowest BCUT2D eigenvalue weighted by Crippen LogP contribution is -2.68. The van der Waals surface area contributed by atoms with Gasteiger partial charge in [-0.25, -0.2) is 0 Å². The van der Waals surface area contributed by atoms with Gasteiger partial charge in [0.05, 0.1) is 51.3 Å². The molecule has 2 saturated heterocycles. The van der Waals surface area contributed by atoms with Gasteiger partial charge in [0.2, 0.25) is 0 Å². The van der Waals surface area contributed by atoms with E-state index in [0.717, 1.165) is 28.7 Å². The minimum atomic E-state index is -3.02. The van der Waals surface area contributed by atoms with Crippen LogP contribution in [0.1, 0.15) is 70.2 Å². The van der Waals surface area contributed by atoms with E-state index in [2.05, 4.69) is 151 Å². The maximum Gasteiger partial charge on any atom is 0.261 e. The molecule has 8 rings (SSSR count). The van der Waals surface area contributed by atoms with Crippen molar-refractivity contribution in [1.29, 1.82) is 0 Å². The molecule has 5 unspecified atom stereocenters. The topological polar surface area (TPSA) is 73.8 Å². The van der Waals surface area contributed by atoms with Gasteiger partial charge in [0.1, 0.15) is 18.3 Å². The van der Waals surface area contributed by atoms with Gasteiger partial charge in [-0.05, 0) is 44.1 Å². The molecule has 8 nitrogen and oxygen atoms in total. The fourth-order valence-corrected chi connectivity index (χ4v) is 14.6. The third kappa shape index (κ3) is 12.0. The van der Waals surface area contributed by atoms with E-state index >= 15 is 0 Å². The third-order valence-electron chi connectivity index (χ3n) is 13.6. The highest BCUT2D eigenvalue weighted by Crippen LogP contribution is 2.41. The van der Waals surface area contributed by atoms with Crippen LogP contribution in [0.3, 0.4) is 0 Å². The lowest BCUT2D eigenvalue weighted by Gasteiger charge is -2.50. The Hall–Kier alpha value is -4.78. The SMILES string of the molecule is CCC1O[C@H](O[C@H]2OC(CO[Si](c3ccccc3)(c3ccccc3)C(C)(C)C)[C@@H](OCc3ccccc3)C(OCc3ccccc3)C2C)C(OCc2ccccc2)[C@@H](OCc2ccccc2)[C@@H]1C. The monoisotopic (exact) mass is 934 g/mol. The van der Waals surface area contributed by atoms with E-state index in [0.29, 0.717) is 26.4 Å². The van der Waals surface area contributed by atoms with Crippen LogP contribution in [-0.4, -0.2) is 64.1 Å². The van der Waals surface area contributed by atoms with Gasteiger partial charge >= 0.3 is 0 Å². The maximum absolute atomic E-state index is 7.67. The molecule has 68 heavy (non-hydrogen) atoms. The normalized spacial score (nSPS) is 25.5. The first-order valence-corrected chi connectivity index (χ1v) is 26.4. The van der Waals surface area contributed by atoms with Gasteiger partial charge < -0.3 is 37.6 Å². The maximum atomic E-state index is 7.67. The van der Waals surface area contributed by atoms with E-state index in [9.17, 15) is 0 Å². The van der Waals surface area contributed by atoms with E-state index in [1.807, 2.05) is 72.8 Å². The zero-order valence-corrected chi connectivity index (χ0v) is 41.6. The first kappa shape index (κ1) is 49.6. The Morgan fingerprint density at radius 2 is 0.779 bits per heavy atom. The highest BCUT2D eigenvalue weighted by atomic mass is 28.4. The number of benzene rings is 6. The number of ether oxygens (including phenoxy) is 7.